The number of hydrogen-bond acceptors (Lipinski definition) is 2. The molecule has 3 unspecified atom stereocenters. The molecule has 1 aliphatic carbocycles. The zero-order chi connectivity index (χ0) is 15.3. The first-order valence-corrected chi connectivity index (χ1v) is 8.64. The molecule has 0 heterocycles. The van der Waals surface area contributed by atoms with Crippen LogP contribution >= 0.6 is 0 Å². The summed E-state index contributed by atoms with van der Waals surface area (Å²) in [6, 6.07) is 11.4. The van der Waals surface area contributed by atoms with E-state index in [1.165, 1.54) is 12.0 Å². The Morgan fingerprint density at radius 1 is 1.14 bits per heavy atom. The molecular weight excluding hydrogens is 258 g/mol. The molecule has 2 heteroatoms. The van der Waals surface area contributed by atoms with E-state index in [0.717, 1.165) is 26.0 Å². The maximum Gasteiger partial charge on any atom is 0.0832 e. The third kappa shape index (κ3) is 3.49. The van der Waals surface area contributed by atoms with Crippen LogP contribution in [0.1, 0.15) is 58.4 Å². The average molecular weight is 289 g/mol. The third-order valence-corrected chi connectivity index (χ3v) is 5.12. The molecule has 1 saturated carbocycles. The number of ether oxygens (including phenoxy) is 1. The van der Waals surface area contributed by atoms with E-state index in [1.807, 2.05) is 0 Å². The largest absolute Gasteiger partial charge is 0.374 e. The van der Waals surface area contributed by atoms with E-state index < -0.39 is 0 Å². The van der Waals surface area contributed by atoms with Crippen molar-refractivity contribution < 1.29 is 4.74 Å². The number of likely N-dealkylation sites (N-methyl/N-ethyl adjacent to an activating group) is 1. The van der Waals surface area contributed by atoms with E-state index in [1.54, 1.807) is 0 Å². The predicted octanol–water partition coefficient (Wildman–Crippen LogP) is 4.36. The van der Waals surface area contributed by atoms with Gasteiger partial charge in [-0.25, -0.2) is 0 Å². The molecule has 0 aliphatic heterocycles. The highest BCUT2D eigenvalue weighted by molar-refractivity contribution is 5.27. The van der Waals surface area contributed by atoms with Gasteiger partial charge >= 0.3 is 0 Å². The molecule has 2 rings (SSSR count). The minimum Gasteiger partial charge on any atom is -0.374 e. The zero-order valence-electron chi connectivity index (χ0n) is 14.1. The van der Waals surface area contributed by atoms with Crippen LogP contribution in [-0.2, 0) is 4.74 Å². The van der Waals surface area contributed by atoms with Gasteiger partial charge in [0.15, 0.2) is 0 Å². The summed E-state index contributed by atoms with van der Waals surface area (Å²) in [5, 5.41) is 3.75. The first kappa shape index (κ1) is 16.5. The van der Waals surface area contributed by atoms with Gasteiger partial charge in [-0.3, -0.25) is 0 Å². The molecule has 0 radical (unpaired) electrons. The second kappa shape index (κ2) is 7.42. The van der Waals surface area contributed by atoms with Crippen molar-refractivity contribution in [1.29, 1.82) is 0 Å². The Balaban J connectivity index is 2.16. The summed E-state index contributed by atoms with van der Waals surface area (Å²) in [4.78, 5) is 0. The van der Waals surface area contributed by atoms with E-state index in [9.17, 15) is 0 Å². The first-order valence-electron chi connectivity index (χ1n) is 8.64. The highest BCUT2D eigenvalue weighted by Gasteiger charge is 2.51. The Labute approximate surface area is 130 Å². The number of benzene rings is 1. The summed E-state index contributed by atoms with van der Waals surface area (Å²) in [5.74, 6) is 1.41. The molecule has 0 saturated heterocycles. The van der Waals surface area contributed by atoms with Crippen LogP contribution in [0.15, 0.2) is 30.3 Å². The minimum absolute atomic E-state index is 0.0149. The van der Waals surface area contributed by atoms with Gasteiger partial charge in [0, 0.05) is 12.6 Å². The van der Waals surface area contributed by atoms with Crippen LogP contribution in [0, 0.1) is 5.92 Å². The third-order valence-electron chi connectivity index (χ3n) is 5.12. The SMILES string of the molecule is CCNC(C1CC1c1ccccc1)C(CC)(CC)OCC. The van der Waals surface area contributed by atoms with Crippen molar-refractivity contribution in [2.24, 2.45) is 5.92 Å². The van der Waals surface area contributed by atoms with Gasteiger partial charge in [-0.15, -0.1) is 0 Å². The molecule has 2 nitrogen and oxygen atoms in total. The summed E-state index contributed by atoms with van der Waals surface area (Å²) in [7, 11) is 0. The molecule has 0 bridgehead atoms. The Morgan fingerprint density at radius 3 is 2.33 bits per heavy atom. The highest BCUT2D eigenvalue weighted by Crippen LogP contribution is 2.53. The van der Waals surface area contributed by atoms with Crippen LogP contribution in [0.4, 0.5) is 0 Å². The molecule has 21 heavy (non-hydrogen) atoms. The molecular formula is C19H31NO. The molecule has 3 atom stereocenters. The Kier molecular flexibility index (Phi) is 5.83. The smallest absolute Gasteiger partial charge is 0.0832 e. The predicted molar refractivity (Wildman–Crippen MR) is 89.7 cm³/mol. The molecule has 0 spiro atoms. The first-order chi connectivity index (χ1) is 10.2. The van der Waals surface area contributed by atoms with Crippen molar-refractivity contribution in [2.45, 2.75) is 64.5 Å². The standard InChI is InChI=1S/C19H31NO/c1-5-19(6-2,21-8-4)18(20-7-3)17-14-16(17)15-12-10-9-11-13-15/h9-13,16-18,20H,5-8,14H2,1-4H3. The maximum absolute atomic E-state index is 6.27. The van der Waals surface area contributed by atoms with Gasteiger partial charge < -0.3 is 10.1 Å². The van der Waals surface area contributed by atoms with Crippen molar-refractivity contribution in [1.82, 2.24) is 5.32 Å². The lowest BCUT2D eigenvalue weighted by Gasteiger charge is -2.40. The van der Waals surface area contributed by atoms with Crippen LogP contribution in [0.2, 0.25) is 0 Å². The van der Waals surface area contributed by atoms with Crippen molar-refractivity contribution in [3.8, 4) is 0 Å². The summed E-state index contributed by atoms with van der Waals surface area (Å²) in [5.41, 5.74) is 1.47. The van der Waals surface area contributed by atoms with Crippen molar-refractivity contribution in [3.05, 3.63) is 35.9 Å². The fraction of sp³-hybridized carbons (Fsp3) is 0.684. The van der Waals surface area contributed by atoms with E-state index in [-0.39, 0.29) is 5.60 Å². The van der Waals surface area contributed by atoms with Crippen LogP contribution in [-0.4, -0.2) is 24.8 Å². The molecule has 1 fully saturated rings. The number of nitrogens with one attached hydrogen (secondary N) is 1. The van der Waals surface area contributed by atoms with Gasteiger partial charge in [-0.1, -0.05) is 51.1 Å². The van der Waals surface area contributed by atoms with Crippen LogP contribution in [0.5, 0.6) is 0 Å². The molecule has 1 aromatic carbocycles. The van der Waals surface area contributed by atoms with E-state index in [2.05, 4.69) is 63.3 Å². The lowest BCUT2D eigenvalue weighted by Crippen LogP contribution is -2.53. The zero-order valence-corrected chi connectivity index (χ0v) is 14.1. The van der Waals surface area contributed by atoms with Crippen LogP contribution < -0.4 is 5.32 Å². The fourth-order valence-corrected chi connectivity index (χ4v) is 3.89. The number of rotatable bonds is 9. The number of hydrogen-bond donors (Lipinski definition) is 1. The normalized spacial score (nSPS) is 23.0. The molecule has 0 amide bonds. The Morgan fingerprint density at radius 2 is 1.81 bits per heavy atom. The molecule has 1 aliphatic rings. The summed E-state index contributed by atoms with van der Waals surface area (Å²) in [6.45, 7) is 10.7. The second-order valence-electron chi connectivity index (χ2n) is 6.16. The van der Waals surface area contributed by atoms with E-state index >= 15 is 0 Å². The Bertz CT molecular complexity index is 413. The topological polar surface area (TPSA) is 21.3 Å². The quantitative estimate of drug-likeness (QED) is 0.729. The van der Waals surface area contributed by atoms with Gasteiger partial charge in [0.25, 0.3) is 0 Å². The van der Waals surface area contributed by atoms with Crippen molar-refractivity contribution >= 4 is 0 Å². The molecule has 1 N–H and O–H groups in total. The van der Waals surface area contributed by atoms with E-state index in [0.29, 0.717) is 17.9 Å². The van der Waals surface area contributed by atoms with Gasteiger partial charge in [0.2, 0.25) is 0 Å². The fourth-order valence-electron chi connectivity index (χ4n) is 3.89. The lowest BCUT2D eigenvalue weighted by atomic mass is 9.83. The van der Waals surface area contributed by atoms with Crippen LogP contribution in [0.3, 0.4) is 0 Å². The summed E-state index contributed by atoms with van der Waals surface area (Å²) < 4.78 is 6.27. The molecule has 118 valence electrons. The molecule has 1 aromatic rings. The second-order valence-corrected chi connectivity index (χ2v) is 6.16. The van der Waals surface area contributed by atoms with Gasteiger partial charge in [-0.2, -0.15) is 0 Å². The monoisotopic (exact) mass is 289 g/mol. The van der Waals surface area contributed by atoms with E-state index in [4.69, 9.17) is 4.74 Å². The van der Waals surface area contributed by atoms with Crippen molar-refractivity contribution in [2.75, 3.05) is 13.2 Å². The van der Waals surface area contributed by atoms with Gasteiger partial charge in [-0.05, 0) is 50.1 Å². The summed E-state index contributed by atoms with van der Waals surface area (Å²) in [6.07, 6.45) is 3.44. The van der Waals surface area contributed by atoms with Crippen LogP contribution in [0.25, 0.3) is 0 Å². The van der Waals surface area contributed by atoms with Gasteiger partial charge in [0.05, 0.1) is 5.60 Å². The minimum atomic E-state index is -0.0149. The lowest BCUT2D eigenvalue weighted by molar-refractivity contribution is -0.0771. The average Bonchev–Trinajstić information content (AvgIpc) is 3.32. The molecule has 0 aromatic heterocycles. The van der Waals surface area contributed by atoms with Crippen molar-refractivity contribution in [3.63, 3.8) is 0 Å². The Hall–Kier alpha value is -0.860. The van der Waals surface area contributed by atoms with Gasteiger partial charge in [0.1, 0.15) is 0 Å². The highest BCUT2D eigenvalue weighted by atomic mass is 16.5. The maximum atomic E-state index is 6.27. The summed E-state index contributed by atoms with van der Waals surface area (Å²) >= 11 is 0.